The molecule has 35 heavy (non-hydrogen) atoms. The van der Waals surface area contributed by atoms with Crippen LogP contribution in [0.2, 0.25) is 0 Å². The number of hydroxylamine groups is 2. The SMILES string of the molecule is CON(C)CC(=O)Nc1ccc(O)c2c1C[C@H]1C[C@H]3CC(=O)C(C(N)=O)=C(O)[C@@]3(O)C(=O)C1=C2O. The van der Waals surface area contributed by atoms with Gasteiger partial charge < -0.3 is 36.3 Å². The minimum Gasteiger partial charge on any atom is -0.508 e. The van der Waals surface area contributed by atoms with Gasteiger partial charge in [-0.25, -0.2) is 0 Å². The number of hydrogen-bond acceptors (Lipinski definition) is 10. The van der Waals surface area contributed by atoms with Crippen molar-refractivity contribution < 1.29 is 44.4 Å². The molecule has 1 aromatic carbocycles. The number of carbonyl (C=O) groups excluding carboxylic acids is 4. The molecule has 1 aromatic rings. The van der Waals surface area contributed by atoms with Crippen molar-refractivity contribution in [2.75, 3.05) is 26.0 Å². The number of aliphatic hydroxyl groups excluding tert-OH is 2. The zero-order valence-corrected chi connectivity index (χ0v) is 19.0. The molecule has 0 radical (unpaired) electrons. The third kappa shape index (κ3) is 3.66. The van der Waals surface area contributed by atoms with E-state index in [-0.39, 0.29) is 36.3 Å². The number of aromatic hydroxyl groups is 1. The molecule has 3 aliphatic carbocycles. The van der Waals surface area contributed by atoms with Crippen LogP contribution in [0.5, 0.6) is 5.75 Å². The number of rotatable bonds is 5. The smallest absolute Gasteiger partial charge is 0.255 e. The van der Waals surface area contributed by atoms with Gasteiger partial charge in [-0.05, 0) is 36.5 Å². The van der Waals surface area contributed by atoms with Crippen LogP contribution in [0.25, 0.3) is 5.76 Å². The Kier molecular flexibility index (Phi) is 5.91. The van der Waals surface area contributed by atoms with Crippen LogP contribution in [0, 0.1) is 11.8 Å². The zero-order chi connectivity index (χ0) is 25.8. The Morgan fingerprint density at radius 2 is 1.91 bits per heavy atom. The Labute approximate surface area is 199 Å². The number of nitrogens with one attached hydrogen (secondary N) is 1. The monoisotopic (exact) mass is 487 g/mol. The largest absolute Gasteiger partial charge is 0.508 e. The van der Waals surface area contributed by atoms with Gasteiger partial charge in [-0.1, -0.05) is 0 Å². The van der Waals surface area contributed by atoms with Gasteiger partial charge in [-0.2, -0.15) is 5.06 Å². The van der Waals surface area contributed by atoms with Crippen LogP contribution in [0.4, 0.5) is 5.69 Å². The van der Waals surface area contributed by atoms with Gasteiger partial charge in [0.2, 0.25) is 11.7 Å². The summed E-state index contributed by atoms with van der Waals surface area (Å²) in [5.41, 5.74) is 2.01. The maximum Gasteiger partial charge on any atom is 0.255 e. The number of nitrogens with zero attached hydrogens (tertiary/aromatic N) is 1. The number of anilines is 1. The number of amides is 2. The average molecular weight is 487 g/mol. The van der Waals surface area contributed by atoms with Crippen LogP contribution in [-0.2, 0) is 30.4 Å². The average Bonchev–Trinajstić information content (AvgIpc) is 2.77. The molecule has 0 aliphatic heterocycles. The van der Waals surface area contributed by atoms with Crippen molar-refractivity contribution in [1.29, 1.82) is 0 Å². The number of aliphatic hydroxyl groups is 3. The number of phenolic OH excluding ortho intramolecular Hbond substituents is 1. The fraction of sp³-hybridized carbons (Fsp3) is 0.391. The fourth-order valence-corrected chi connectivity index (χ4v) is 5.20. The van der Waals surface area contributed by atoms with E-state index in [1.54, 1.807) is 7.05 Å². The highest BCUT2D eigenvalue weighted by Crippen LogP contribution is 2.52. The normalized spacial score (nSPS) is 25.8. The predicted molar refractivity (Wildman–Crippen MR) is 120 cm³/mol. The van der Waals surface area contributed by atoms with Gasteiger partial charge in [-0.15, -0.1) is 0 Å². The molecule has 4 rings (SSSR count). The summed E-state index contributed by atoms with van der Waals surface area (Å²) in [5, 5.41) is 47.3. The van der Waals surface area contributed by atoms with Gasteiger partial charge in [0.1, 0.15) is 29.4 Å². The number of nitrogens with two attached hydrogens (primary N) is 1. The number of Topliss-reactive ketones (excluding diaryl/α,β-unsaturated/α-hetero) is 2. The molecule has 0 aromatic heterocycles. The third-order valence-corrected chi connectivity index (χ3v) is 6.90. The Balaban J connectivity index is 1.81. The van der Waals surface area contributed by atoms with Gasteiger partial charge in [0.05, 0.1) is 12.7 Å². The van der Waals surface area contributed by atoms with E-state index < -0.39 is 64.3 Å². The van der Waals surface area contributed by atoms with Crippen molar-refractivity contribution in [3.63, 3.8) is 0 Å². The van der Waals surface area contributed by atoms with Crippen molar-refractivity contribution in [2.24, 2.45) is 17.6 Å². The Bertz CT molecular complexity index is 1230. The van der Waals surface area contributed by atoms with Crippen LogP contribution in [-0.4, -0.2) is 75.2 Å². The zero-order valence-electron chi connectivity index (χ0n) is 19.0. The molecule has 3 aliphatic rings. The summed E-state index contributed by atoms with van der Waals surface area (Å²) in [6, 6.07) is 2.69. The van der Waals surface area contributed by atoms with Gasteiger partial charge in [0.15, 0.2) is 11.4 Å². The van der Waals surface area contributed by atoms with Gasteiger partial charge >= 0.3 is 0 Å². The molecule has 1 saturated carbocycles. The predicted octanol–water partition coefficient (Wildman–Crippen LogP) is -0.144. The maximum absolute atomic E-state index is 13.5. The van der Waals surface area contributed by atoms with E-state index in [1.165, 1.54) is 24.3 Å². The number of likely N-dealkylation sites (N-methyl/N-ethyl adjacent to an activating group) is 1. The Morgan fingerprint density at radius 3 is 2.54 bits per heavy atom. The molecule has 0 unspecified atom stereocenters. The molecule has 0 saturated heterocycles. The summed E-state index contributed by atoms with van der Waals surface area (Å²) in [6.45, 7) is -0.105. The van der Waals surface area contributed by atoms with E-state index in [0.717, 1.165) is 0 Å². The number of hydrogen-bond donors (Lipinski definition) is 6. The van der Waals surface area contributed by atoms with Crippen molar-refractivity contribution in [3.8, 4) is 5.75 Å². The van der Waals surface area contributed by atoms with Crippen LogP contribution in [0.3, 0.4) is 0 Å². The second-order valence-corrected chi connectivity index (χ2v) is 8.91. The highest BCUT2D eigenvalue weighted by molar-refractivity contribution is 6.22. The van der Waals surface area contributed by atoms with E-state index in [4.69, 9.17) is 10.6 Å². The molecule has 0 spiro atoms. The molecule has 7 N–H and O–H groups in total. The third-order valence-electron chi connectivity index (χ3n) is 6.90. The van der Waals surface area contributed by atoms with E-state index in [9.17, 15) is 39.6 Å². The van der Waals surface area contributed by atoms with Gasteiger partial charge in [0.25, 0.3) is 5.91 Å². The molecular weight excluding hydrogens is 462 g/mol. The van der Waals surface area contributed by atoms with Crippen molar-refractivity contribution >= 4 is 34.8 Å². The number of primary amides is 1. The Hall–Kier alpha value is -3.74. The number of carbonyl (C=O) groups is 4. The minimum atomic E-state index is -2.62. The van der Waals surface area contributed by atoms with Crippen molar-refractivity contribution in [3.05, 3.63) is 40.2 Å². The molecule has 1 fully saturated rings. The quantitative estimate of drug-likeness (QED) is 0.184. The standard InChI is InChI=1S/C23H25N3O9/c1-26(35-2)8-15(29)25-12-3-4-13(27)17-11(12)6-9-5-10-7-14(28)18(22(24)33)21(32)23(10,34)20(31)16(9)19(17)30/h3-4,9-10,27,30,32,34H,5-8H2,1-2H3,(H2,24,33)(H,25,29)/t9-,10+,23+/m1/s1. The molecule has 3 atom stereocenters. The lowest BCUT2D eigenvalue weighted by molar-refractivity contribution is -0.147. The summed E-state index contributed by atoms with van der Waals surface area (Å²) in [7, 11) is 2.96. The molecule has 186 valence electrons. The van der Waals surface area contributed by atoms with Crippen LogP contribution in [0.1, 0.15) is 24.0 Å². The fourth-order valence-electron chi connectivity index (χ4n) is 5.20. The van der Waals surface area contributed by atoms with Gasteiger partial charge in [0, 0.05) is 30.6 Å². The molecule has 0 heterocycles. The highest BCUT2D eigenvalue weighted by Gasteiger charge is 2.60. The van der Waals surface area contributed by atoms with Crippen LogP contribution in [0.15, 0.2) is 29.0 Å². The summed E-state index contributed by atoms with van der Waals surface area (Å²) in [6.07, 6.45) is -0.328. The first-order valence-corrected chi connectivity index (χ1v) is 10.8. The maximum atomic E-state index is 13.5. The first kappa shape index (κ1) is 24.4. The summed E-state index contributed by atoms with van der Waals surface area (Å²) in [4.78, 5) is 54.9. The second-order valence-electron chi connectivity index (χ2n) is 8.91. The second kappa shape index (κ2) is 8.48. The lowest BCUT2D eigenvalue weighted by Crippen LogP contribution is -2.58. The van der Waals surface area contributed by atoms with Crippen molar-refractivity contribution in [1.82, 2.24) is 5.06 Å². The van der Waals surface area contributed by atoms with Gasteiger partial charge in [-0.3, -0.25) is 19.2 Å². The number of phenols is 1. The topological polar surface area (TPSA) is 200 Å². The number of ketones is 2. The highest BCUT2D eigenvalue weighted by atomic mass is 16.7. The molecule has 12 nitrogen and oxygen atoms in total. The van der Waals surface area contributed by atoms with E-state index >= 15 is 0 Å². The first-order valence-electron chi connectivity index (χ1n) is 10.8. The van der Waals surface area contributed by atoms with E-state index in [0.29, 0.717) is 11.3 Å². The number of fused-ring (bicyclic) bond motifs is 3. The Morgan fingerprint density at radius 1 is 1.23 bits per heavy atom. The summed E-state index contributed by atoms with van der Waals surface area (Å²) >= 11 is 0. The molecule has 2 amide bonds. The van der Waals surface area contributed by atoms with Crippen LogP contribution < -0.4 is 11.1 Å². The lowest BCUT2D eigenvalue weighted by atomic mass is 9.59. The first-order chi connectivity index (χ1) is 16.4. The van der Waals surface area contributed by atoms with Crippen molar-refractivity contribution in [2.45, 2.75) is 24.9 Å². The molecule has 0 bridgehead atoms. The summed E-state index contributed by atoms with van der Waals surface area (Å²) < 4.78 is 0. The summed E-state index contributed by atoms with van der Waals surface area (Å²) in [5.74, 6) is -7.48. The molecule has 12 heteroatoms. The van der Waals surface area contributed by atoms with E-state index in [2.05, 4.69) is 5.32 Å². The van der Waals surface area contributed by atoms with E-state index in [1.807, 2.05) is 0 Å². The van der Waals surface area contributed by atoms with Crippen LogP contribution >= 0.6 is 0 Å². The molecular formula is C23H25N3O9. The lowest BCUT2D eigenvalue weighted by Gasteiger charge is -2.46. The number of benzene rings is 1. The minimum absolute atomic E-state index is 0.00162.